The van der Waals surface area contributed by atoms with E-state index in [2.05, 4.69) is 18.3 Å². The first kappa shape index (κ1) is 15.0. The summed E-state index contributed by atoms with van der Waals surface area (Å²) in [5.41, 5.74) is 1.30. The molecule has 3 rings (SSSR count). The maximum Gasteiger partial charge on any atom is 0.287 e. The third kappa shape index (κ3) is 2.73. The van der Waals surface area contributed by atoms with Gasteiger partial charge in [-0.1, -0.05) is 6.92 Å². The monoisotopic (exact) mass is 317 g/mol. The Morgan fingerprint density at radius 3 is 2.77 bits per heavy atom. The second kappa shape index (κ2) is 6.08. The smallest absolute Gasteiger partial charge is 0.287 e. The molecule has 0 saturated heterocycles. The molecular formula is C17H19NO3S. The van der Waals surface area contributed by atoms with Crippen molar-refractivity contribution in [1.82, 2.24) is 5.32 Å². The Morgan fingerprint density at radius 2 is 2.09 bits per heavy atom. The summed E-state index contributed by atoms with van der Waals surface area (Å²) in [6, 6.07) is 4.12. The van der Waals surface area contributed by atoms with Crippen molar-refractivity contribution >= 4 is 23.0 Å². The van der Waals surface area contributed by atoms with Crippen LogP contribution in [0.15, 0.2) is 16.5 Å². The Labute approximate surface area is 133 Å². The molecule has 116 valence electrons. The van der Waals surface area contributed by atoms with Gasteiger partial charge in [0.25, 0.3) is 5.91 Å². The maximum absolute atomic E-state index is 12.3. The van der Waals surface area contributed by atoms with Gasteiger partial charge in [-0.25, -0.2) is 0 Å². The van der Waals surface area contributed by atoms with Gasteiger partial charge in [0.2, 0.25) is 0 Å². The van der Waals surface area contributed by atoms with E-state index in [0.29, 0.717) is 29.9 Å². The molecule has 2 aromatic rings. The fraction of sp³-hybridized carbons (Fsp3) is 0.412. The number of amides is 1. The zero-order valence-corrected chi connectivity index (χ0v) is 13.6. The van der Waals surface area contributed by atoms with Crippen LogP contribution < -0.4 is 5.32 Å². The summed E-state index contributed by atoms with van der Waals surface area (Å²) in [7, 11) is 0. The van der Waals surface area contributed by atoms with Crippen LogP contribution >= 0.6 is 11.3 Å². The highest BCUT2D eigenvalue weighted by molar-refractivity contribution is 7.11. The van der Waals surface area contributed by atoms with Gasteiger partial charge >= 0.3 is 0 Å². The van der Waals surface area contributed by atoms with Gasteiger partial charge in [0, 0.05) is 28.2 Å². The van der Waals surface area contributed by atoms with Crippen LogP contribution in [0.4, 0.5) is 0 Å². The molecule has 1 aliphatic rings. The number of Topliss-reactive ketones (excluding diaryl/α,β-unsaturated/α-hetero) is 1. The normalized spacial score (nSPS) is 14.0. The van der Waals surface area contributed by atoms with Crippen LogP contribution in [0.25, 0.3) is 0 Å². The number of hydrogen-bond acceptors (Lipinski definition) is 4. The molecule has 22 heavy (non-hydrogen) atoms. The zero-order valence-electron chi connectivity index (χ0n) is 12.8. The van der Waals surface area contributed by atoms with Gasteiger partial charge in [-0.05, 0) is 31.9 Å². The lowest BCUT2D eigenvalue weighted by atomic mass is 9.94. The van der Waals surface area contributed by atoms with E-state index < -0.39 is 0 Å². The van der Waals surface area contributed by atoms with Crippen LogP contribution in [0.2, 0.25) is 0 Å². The van der Waals surface area contributed by atoms with E-state index in [1.807, 2.05) is 6.07 Å². The van der Waals surface area contributed by atoms with E-state index in [9.17, 15) is 9.59 Å². The Hall–Kier alpha value is -1.88. The summed E-state index contributed by atoms with van der Waals surface area (Å²) < 4.78 is 5.65. The molecule has 2 heterocycles. The van der Waals surface area contributed by atoms with Crippen molar-refractivity contribution in [3.05, 3.63) is 44.5 Å². The summed E-state index contributed by atoms with van der Waals surface area (Å²) in [6.07, 6.45) is 3.09. The Morgan fingerprint density at radius 1 is 1.32 bits per heavy atom. The summed E-state index contributed by atoms with van der Waals surface area (Å²) in [4.78, 5) is 26.7. The minimum Gasteiger partial charge on any atom is -0.455 e. The van der Waals surface area contributed by atoms with Gasteiger partial charge in [0.05, 0.1) is 12.1 Å². The van der Waals surface area contributed by atoms with Crippen LogP contribution in [0.1, 0.15) is 61.8 Å². The van der Waals surface area contributed by atoms with Crippen molar-refractivity contribution in [2.24, 2.45) is 0 Å². The highest BCUT2D eigenvalue weighted by Crippen LogP contribution is 2.29. The number of carbonyl (C=O) groups excluding carboxylic acids is 2. The molecule has 0 aromatic carbocycles. The second-order valence-electron chi connectivity index (χ2n) is 5.54. The van der Waals surface area contributed by atoms with Gasteiger partial charge in [0.15, 0.2) is 11.5 Å². The summed E-state index contributed by atoms with van der Waals surface area (Å²) in [6.45, 7) is 4.39. The number of fused-ring (bicyclic) bond motifs is 1. The molecule has 0 atom stereocenters. The van der Waals surface area contributed by atoms with E-state index in [0.717, 1.165) is 24.1 Å². The quantitative estimate of drug-likeness (QED) is 0.936. The van der Waals surface area contributed by atoms with Crippen LogP contribution in [0.5, 0.6) is 0 Å². The van der Waals surface area contributed by atoms with Crippen LogP contribution in [-0.4, -0.2) is 11.7 Å². The molecule has 0 unspecified atom stereocenters. The number of carbonyl (C=O) groups is 2. The first-order valence-corrected chi connectivity index (χ1v) is 8.43. The van der Waals surface area contributed by atoms with E-state index in [4.69, 9.17) is 4.42 Å². The summed E-state index contributed by atoms with van der Waals surface area (Å²) in [5.74, 6) is 0.800. The topological polar surface area (TPSA) is 59.3 Å². The van der Waals surface area contributed by atoms with E-state index in [1.54, 1.807) is 18.3 Å². The molecule has 0 spiro atoms. The summed E-state index contributed by atoms with van der Waals surface area (Å²) >= 11 is 1.70. The third-order valence-electron chi connectivity index (χ3n) is 4.00. The molecule has 0 radical (unpaired) electrons. The molecular weight excluding hydrogens is 298 g/mol. The SMILES string of the molecule is CCc1ccc(CNC(=O)c2oc3c(c2C)C(=O)CCC3)s1. The predicted octanol–water partition coefficient (Wildman–Crippen LogP) is 3.66. The highest BCUT2D eigenvalue weighted by Gasteiger charge is 2.28. The minimum absolute atomic E-state index is 0.0902. The van der Waals surface area contributed by atoms with Crippen LogP contribution in [0, 0.1) is 6.92 Å². The van der Waals surface area contributed by atoms with E-state index >= 15 is 0 Å². The number of rotatable bonds is 4. The van der Waals surface area contributed by atoms with Crippen molar-refractivity contribution in [2.45, 2.75) is 46.1 Å². The lowest BCUT2D eigenvalue weighted by Gasteiger charge is -2.07. The van der Waals surface area contributed by atoms with Gasteiger partial charge in [0.1, 0.15) is 5.76 Å². The largest absolute Gasteiger partial charge is 0.455 e. The minimum atomic E-state index is -0.244. The Kier molecular flexibility index (Phi) is 4.16. The zero-order chi connectivity index (χ0) is 15.7. The molecule has 0 saturated carbocycles. The Balaban J connectivity index is 1.74. The molecule has 0 fully saturated rings. The maximum atomic E-state index is 12.3. The van der Waals surface area contributed by atoms with Gasteiger partial charge < -0.3 is 9.73 Å². The van der Waals surface area contributed by atoms with E-state index in [1.165, 1.54) is 4.88 Å². The number of furan rings is 1. The number of aryl methyl sites for hydroxylation is 2. The lowest BCUT2D eigenvalue weighted by molar-refractivity contribution is 0.0917. The van der Waals surface area contributed by atoms with Crippen LogP contribution in [0.3, 0.4) is 0 Å². The van der Waals surface area contributed by atoms with Crippen molar-refractivity contribution in [3.8, 4) is 0 Å². The molecule has 2 aromatic heterocycles. The number of thiophene rings is 1. The fourth-order valence-electron chi connectivity index (χ4n) is 2.82. The van der Waals surface area contributed by atoms with Crippen molar-refractivity contribution < 1.29 is 14.0 Å². The third-order valence-corrected chi connectivity index (χ3v) is 5.23. The van der Waals surface area contributed by atoms with Crippen LogP contribution in [-0.2, 0) is 19.4 Å². The molecule has 0 bridgehead atoms. The molecule has 4 nitrogen and oxygen atoms in total. The predicted molar refractivity (Wildman–Crippen MR) is 85.6 cm³/mol. The summed E-state index contributed by atoms with van der Waals surface area (Å²) in [5, 5.41) is 2.88. The fourth-order valence-corrected chi connectivity index (χ4v) is 3.72. The van der Waals surface area contributed by atoms with Crippen molar-refractivity contribution in [1.29, 1.82) is 0 Å². The molecule has 1 N–H and O–H groups in total. The average molecular weight is 317 g/mol. The molecule has 1 amide bonds. The number of ketones is 1. The first-order valence-electron chi connectivity index (χ1n) is 7.61. The molecule has 1 aliphatic carbocycles. The lowest BCUT2D eigenvalue weighted by Crippen LogP contribution is -2.22. The molecule has 0 aliphatic heterocycles. The number of nitrogens with one attached hydrogen (secondary N) is 1. The second-order valence-corrected chi connectivity index (χ2v) is 6.79. The average Bonchev–Trinajstić information content (AvgIpc) is 3.10. The first-order chi connectivity index (χ1) is 10.6. The van der Waals surface area contributed by atoms with Gasteiger partial charge in [-0.15, -0.1) is 11.3 Å². The van der Waals surface area contributed by atoms with E-state index in [-0.39, 0.29) is 17.5 Å². The Bertz CT molecular complexity index is 726. The molecule has 5 heteroatoms. The van der Waals surface area contributed by atoms with Crippen molar-refractivity contribution in [2.75, 3.05) is 0 Å². The standard InChI is InChI=1S/C17H19NO3S/c1-3-11-7-8-12(22-11)9-18-17(20)16-10(2)15-13(19)5-4-6-14(15)21-16/h7-8H,3-6,9H2,1-2H3,(H,18,20). The van der Waals surface area contributed by atoms with Gasteiger partial charge in [-0.3, -0.25) is 9.59 Å². The number of hydrogen-bond donors (Lipinski definition) is 1. The highest BCUT2D eigenvalue weighted by atomic mass is 32.1. The van der Waals surface area contributed by atoms with Gasteiger partial charge in [-0.2, -0.15) is 0 Å². The van der Waals surface area contributed by atoms with Crippen molar-refractivity contribution in [3.63, 3.8) is 0 Å².